The van der Waals surface area contributed by atoms with Gasteiger partial charge in [-0.05, 0) is 60.7 Å². The second-order valence-corrected chi connectivity index (χ2v) is 12.7. The van der Waals surface area contributed by atoms with Gasteiger partial charge in [-0.2, -0.15) is 4.31 Å². The van der Waals surface area contributed by atoms with Crippen molar-refractivity contribution in [1.29, 1.82) is 0 Å². The highest BCUT2D eigenvalue weighted by Gasteiger charge is 2.31. The smallest absolute Gasteiger partial charge is 0.269 e. The fraction of sp³-hybridized carbons (Fsp3) is 0.387. The molecule has 4 N–H and O–H groups in total. The van der Waals surface area contributed by atoms with Gasteiger partial charge in [-0.1, -0.05) is 50.6 Å². The highest BCUT2D eigenvalue weighted by molar-refractivity contribution is 7.89. The molecule has 3 aromatic carbocycles. The molecule has 1 amide bonds. The number of nitrogens with zero attached hydrogens (tertiary/aromatic N) is 3. The third kappa shape index (κ3) is 10.1. The van der Waals surface area contributed by atoms with Crippen LogP contribution >= 0.6 is 0 Å². The van der Waals surface area contributed by atoms with E-state index in [1.54, 1.807) is 24.3 Å². The summed E-state index contributed by atoms with van der Waals surface area (Å²) in [5.41, 5.74) is 7.88. The molecule has 0 aliphatic carbocycles. The van der Waals surface area contributed by atoms with Gasteiger partial charge in [-0.15, -0.1) is 0 Å². The highest BCUT2D eigenvalue weighted by Crippen LogP contribution is 2.23. The van der Waals surface area contributed by atoms with E-state index in [-0.39, 0.29) is 42.1 Å². The number of unbranched alkanes of at least 4 members (excludes halogenated alkanes) is 1. The fourth-order valence-electron chi connectivity index (χ4n) is 4.69. The number of para-hydroxylation sites is 1. The number of nitrogens with one attached hydrogen (secondary N) is 1. The average molecular weight is 612 g/mol. The van der Waals surface area contributed by atoms with E-state index in [0.717, 1.165) is 11.3 Å². The molecule has 0 saturated heterocycles. The van der Waals surface area contributed by atoms with E-state index in [9.17, 15) is 28.4 Å². The van der Waals surface area contributed by atoms with Crippen LogP contribution in [0.1, 0.15) is 38.7 Å². The van der Waals surface area contributed by atoms with Crippen molar-refractivity contribution in [3.8, 4) is 0 Å². The maximum absolute atomic E-state index is 13.4. The molecule has 1 atom stereocenters. The van der Waals surface area contributed by atoms with E-state index in [1.165, 1.54) is 28.6 Å². The van der Waals surface area contributed by atoms with Crippen LogP contribution in [0.25, 0.3) is 0 Å². The lowest BCUT2D eigenvalue weighted by Crippen LogP contribution is -2.44. The molecule has 12 heteroatoms. The second-order valence-electron chi connectivity index (χ2n) is 10.8. The summed E-state index contributed by atoms with van der Waals surface area (Å²) in [6.45, 7) is 4.67. The third-order valence-corrected chi connectivity index (χ3v) is 8.85. The van der Waals surface area contributed by atoms with Gasteiger partial charge in [0.2, 0.25) is 15.9 Å². The highest BCUT2D eigenvalue weighted by atomic mass is 32.2. The number of benzene rings is 3. The van der Waals surface area contributed by atoms with E-state index in [1.807, 2.05) is 49.1 Å². The van der Waals surface area contributed by atoms with Crippen molar-refractivity contribution < 1.29 is 23.2 Å². The molecule has 0 saturated carbocycles. The van der Waals surface area contributed by atoms with Crippen LogP contribution in [-0.2, 0) is 21.4 Å². The quantitative estimate of drug-likeness (QED) is 0.0887. The van der Waals surface area contributed by atoms with Crippen LogP contribution < -0.4 is 16.0 Å². The minimum absolute atomic E-state index is 0.00590. The number of aliphatic hydroxyl groups is 1. The molecule has 0 heterocycles. The average Bonchev–Trinajstić information content (AvgIpc) is 2.98. The van der Waals surface area contributed by atoms with E-state index in [0.29, 0.717) is 38.0 Å². The molecule has 0 bridgehead atoms. The minimum atomic E-state index is -3.84. The van der Waals surface area contributed by atoms with Crippen molar-refractivity contribution >= 4 is 33.0 Å². The van der Waals surface area contributed by atoms with Crippen molar-refractivity contribution in [3.05, 3.63) is 94.5 Å². The molecule has 0 aliphatic heterocycles. The Labute approximate surface area is 253 Å². The minimum Gasteiger partial charge on any atom is -0.399 e. The Bertz CT molecular complexity index is 1420. The van der Waals surface area contributed by atoms with Gasteiger partial charge in [-0.25, -0.2) is 8.42 Å². The summed E-state index contributed by atoms with van der Waals surface area (Å²) in [7, 11) is -3.84. The van der Waals surface area contributed by atoms with Crippen molar-refractivity contribution in [2.75, 3.05) is 36.9 Å². The maximum atomic E-state index is 13.4. The van der Waals surface area contributed by atoms with Gasteiger partial charge in [0.05, 0.1) is 23.0 Å². The van der Waals surface area contributed by atoms with Gasteiger partial charge >= 0.3 is 0 Å². The summed E-state index contributed by atoms with van der Waals surface area (Å²) in [6, 6.07) is 21.1. The Morgan fingerprint density at radius 3 is 2.23 bits per heavy atom. The molecule has 0 radical (unpaired) electrons. The molecule has 43 heavy (non-hydrogen) atoms. The first-order valence-corrected chi connectivity index (χ1v) is 15.7. The number of anilines is 2. The van der Waals surface area contributed by atoms with Gasteiger partial charge in [-0.3, -0.25) is 14.9 Å². The molecule has 3 aromatic rings. The second kappa shape index (κ2) is 16.0. The third-order valence-electron chi connectivity index (χ3n) is 6.91. The molecule has 0 aliphatic rings. The largest absolute Gasteiger partial charge is 0.399 e. The number of carbonyl (C=O) groups excluding carboxylic acids is 1. The van der Waals surface area contributed by atoms with E-state index in [2.05, 4.69) is 5.32 Å². The lowest BCUT2D eigenvalue weighted by atomic mass is 10.1. The lowest BCUT2D eigenvalue weighted by molar-refractivity contribution is -0.384. The summed E-state index contributed by atoms with van der Waals surface area (Å²) in [6.07, 6.45) is 1.64. The number of non-ortho nitro benzene ring substituents is 1. The molecular formula is C31H41N5O6S. The number of rotatable bonds is 17. The van der Waals surface area contributed by atoms with Gasteiger partial charge in [0.25, 0.3) is 5.69 Å². The molecule has 0 spiro atoms. The van der Waals surface area contributed by atoms with Gasteiger partial charge < -0.3 is 21.1 Å². The Hall–Kier alpha value is -4.00. The number of hydrogen-bond acceptors (Lipinski definition) is 8. The van der Waals surface area contributed by atoms with Gasteiger partial charge in [0, 0.05) is 49.2 Å². The van der Waals surface area contributed by atoms with Gasteiger partial charge in [0.15, 0.2) is 0 Å². The number of nitrogens with two attached hydrogens (primary N) is 1. The Kier molecular flexibility index (Phi) is 12.5. The van der Waals surface area contributed by atoms with Crippen LogP contribution in [0.2, 0.25) is 0 Å². The topological polar surface area (TPSA) is 159 Å². The van der Waals surface area contributed by atoms with Crippen LogP contribution in [-0.4, -0.2) is 60.9 Å². The van der Waals surface area contributed by atoms with Crippen molar-refractivity contribution in [2.24, 2.45) is 5.92 Å². The van der Waals surface area contributed by atoms with E-state index in [4.69, 9.17) is 5.73 Å². The maximum Gasteiger partial charge on any atom is 0.269 e. The first-order chi connectivity index (χ1) is 20.5. The predicted molar refractivity (Wildman–Crippen MR) is 168 cm³/mol. The summed E-state index contributed by atoms with van der Waals surface area (Å²) in [5, 5.41) is 24.1. The Balaban J connectivity index is 1.56. The number of carbonyl (C=O) groups is 1. The van der Waals surface area contributed by atoms with Crippen LogP contribution in [0.5, 0.6) is 0 Å². The monoisotopic (exact) mass is 611 g/mol. The Morgan fingerprint density at radius 2 is 1.65 bits per heavy atom. The van der Waals surface area contributed by atoms with Crippen molar-refractivity contribution in [1.82, 2.24) is 9.62 Å². The number of sulfonamides is 1. The number of aliphatic hydroxyl groups excluding tert-OH is 1. The summed E-state index contributed by atoms with van der Waals surface area (Å²) in [5.74, 6) is -0.132. The lowest BCUT2D eigenvalue weighted by Gasteiger charge is -2.31. The molecule has 232 valence electrons. The normalized spacial score (nSPS) is 12.3. The van der Waals surface area contributed by atoms with Crippen molar-refractivity contribution in [3.63, 3.8) is 0 Å². The first-order valence-electron chi connectivity index (χ1n) is 14.3. The zero-order valence-corrected chi connectivity index (χ0v) is 25.4. The van der Waals surface area contributed by atoms with Crippen LogP contribution in [0, 0.1) is 16.0 Å². The Morgan fingerprint density at radius 1 is 1.00 bits per heavy atom. The summed E-state index contributed by atoms with van der Waals surface area (Å²) in [4.78, 5) is 25.4. The van der Waals surface area contributed by atoms with E-state index < -0.39 is 21.0 Å². The van der Waals surface area contributed by atoms with Crippen LogP contribution in [0.4, 0.5) is 17.1 Å². The molecule has 0 unspecified atom stereocenters. The van der Waals surface area contributed by atoms with Crippen LogP contribution in [0.15, 0.2) is 83.8 Å². The predicted octanol–water partition coefficient (Wildman–Crippen LogP) is 4.18. The number of nitro benzene ring substituents is 1. The van der Waals surface area contributed by atoms with E-state index >= 15 is 0 Å². The zero-order chi connectivity index (χ0) is 31.4. The number of amides is 1. The molecule has 0 aromatic heterocycles. The molecule has 3 rings (SSSR count). The number of nitro groups is 1. The van der Waals surface area contributed by atoms with Gasteiger partial charge in [0.1, 0.15) is 0 Å². The molecule has 0 fully saturated rings. The number of hydrogen-bond donors (Lipinski definition) is 3. The van der Waals surface area contributed by atoms with Crippen molar-refractivity contribution in [2.45, 2.75) is 50.6 Å². The van der Waals surface area contributed by atoms with Crippen LogP contribution in [0.3, 0.4) is 0 Å². The zero-order valence-electron chi connectivity index (χ0n) is 24.6. The molecule has 11 nitrogen and oxygen atoms in total. The number of nitrogen functional groups attached to an aromatic ring is 1. The summed E-state index contributed by atoms with van der Waals surface area (Å²) >= 11 is 0. The summed E-state index contributed by atoms with van der Waals surface area (Å²) < 4.78 is 28.2. The standard InChI is InChI=1S/C31H41N5O6S/c1-24(2)20-35(43(41,42)30-17-13-26(32)14-18-30)29(23-37)10-6-7-19-33-31(38)22-34(27-8-4-3-5-9-27)21-25-11-15-28(16-12-25)36(39)40/h3-5,8-9,11-18,24,29,37H,6-7,10,19-23,32H2,1-2H3,(H,33,38)/t29-/m0/s1. The first kappa shape index (κ1) is 33.5. The fourth-order valence-corrected chi connectivity index (χ4v) is 6.50. The SMILES string of the molecule is CC(C)CN([C@H](CO)CCCCNC(=O)CN(Cc1ccc([N+](=O)[O-])cc1)c1ccccc1)S(=O)(=O)c1ccc(N)cc1. The molecular weight excluding hydrogens is 570 g/mol.